The molecule has 0 aromatic heterocycles. The van der Waals surface area contributed by atoms with Gasteiger partial charge in [0.15, 0.2) is 11.5 Å². The lowest BCUT2D eigenvalue weighted by atomic mass is 10.1. The molecule has 6 heteroatoms. The second kappa shape index (κ2) is 9.89. The van der Waals surface area contributed by atoms with E-state index in [-0.39, 0.29) is 17.6 Å². The van der Waals surface area contributed by atoms with Crippen molar-refractivity contribution in [1.29, 1.82) is 0 Å². The highest BCUT2D eigenvalue weighted by Gasteiger charge is 2.21. The van der Waals surface area contributed by atoms with Gasteiger partial charge in [-0.3, -0.25) is 9.59 Å². The largest absolute Gasteiger partial charge is 0.449 e. The van der Waals surface area contributed by atoms with Crippen molar-refractivity contribution in [2.75, 3.05) is 31.5 Å². The molecule has 152 valence electrons. The first-order chi connectivity index (χ1) is 14.1. The molecule has 0 unspecified atom stereocenters. The van der Waals surface area contributed by atoms with Crippen molar-refractivity contribution >= 4 is 23.6 Å². The maximum atomic E-state index is 12.3. The van der Waals surface area contributed by atoms with E-state index in [2.05, 4.69) is 29.4 Å². The summed E-state index contributed by atoms with van der Waals surface area (Å²) in [4.78, 5) is 26.8. The fourth-order valence-electron chi connectivity index (χ4n) is 3.13. The first-order valence-electron chi connectivity index (χ1n) is 10.0. The van der Waals surface area contributed by atoms with Gasteiger partial charge in [0.25, 0.3) is 11.8 Å². The Kier molecular flexibility index (Phi) is 7.03. The van der Waals surface area contributed by atoms with Crippen LogP contribution in [0.3, 0.4) is 0 Å². The van der Waals surface area contributed by atoms with E-state index in [0.29, 0.717) is 23.5 Å². The predicted octanol–water partition coefficient (Wildman–Crippen LogP) is 3.52. The first-order valence-corrected chi connectivity index (χ1v) is 10.0. The number of benzene rings is 2. The third-order valence-electron chi connectivity index (χ3n) is 4.88. The summed E-state index contributed by atoms with van der Waals surface area (Å²) in [6.45, 7) is 7.95. The lowest BCUT2D eigenvalue weighted by Gasteiger charge is -2.19. The molecule has 6 nitrogen and oxygen atoms in total. The van der Waals surface area contributed by atoms with Gasteiger partial charge in [-0.1, -0.05) is 38.1 Å². The van der Waals surface area contributed by atoms with Crippen LogP contribution >= 0.6 is 0 Å². The summed E-state index contributed by atoms with van der Waals surface area (Å²) >= 11 is 0. The molecular weight excluding hydrogens is 366 g/mol. The molecule has 3 rings (SSSR count). The maximum Gasteiger partial charge on any atom is 0.291 e. The van der Waals surface area contributed by atoms with Crippen LogP contribution in [0, 0.1) is 0 Å². The third-order valence-corrected chi connectivity index (χ3v) is 4.88. The van der Waals surface area contributed by atoms with Crippen molar-refractivity contribution in [3.63, 3.8) is 0 Å². The average Bonchev–Trinajstić information content (AvgIpc) is 2.75. The maximum absolute atomic E-state index is 12.3. The van der Waals surface area contributed by atoms with Crippen LogP contribution in [-0.4, -0.2) is 42.9 Å². The van der Waals surface area contributed by atoms with Crippen molar-refractivity contribution in [1.82, 2.24) is 10.2 Å². The number of ether oxygens (including phenoxy) is 1. The Morgan fingerprint density at radius 2 is 1.83 bits per heavy atom. The zero-order valence-electron chi connectivity index (χ0n) is 16.9. The second-order valence-electron chi connectivity index (χ2n) is 6.82. The number of anilines is 1. The number of hydrogen-bond acceptors (Lipinski definition) is 4. The van der Waals surface area contributed by atoms with Crippen LogP contribution in [0.5, 0.6) is 5.75 Å². The fourth-order valence-corrected chi connectivity index (χ4v) is 3.13. The van der Waals surface area contributed by atoms with E-state index in [1.807, 2.05) is 12.1 Å². The topological polar surface area (TPSA) is 70.7 Å². The predicted molar refractivity (Wildman–Crippen MR) is 115 cm³/mol. The van der Waals surface area contributed by atoms with Gasteiger partial charge in [-0.25, -0.2) is 0 Å². The fraction of sp³-hybridized carbons (Fsp3) is 0.304. The van der Waals surface area contributed by atoms with Gasteiger partial charge in [0.2, 0.25) is 0 Å². The number of hydrogen-bond donors (Lipinski definition) is 2. The molecule has 1 aliphatic rings. The van der Waals surface area contributed by atoms with Crippen molar-refractivity contribution in [2.45, 2.75) is 20.3 Å². The minimum atomic E-state index is -0.293. The Morgan fingerprint density at radius 3 is 2.55 bits per heavy atom. The van der Waals surface area contributed by atoms with Crippen molar-refractivity contribution in [3.05, 3.63) is 65.4 Å². The molecule has 2 amide bonds. The Balaban J connectivity index is 1.57. The van der Waals surface area contributed by atoms with E-state index in [4.69, 9.17) is 4.74 Å². The zero-order chi connectivity index (χ0) is 20.6. The Morgan fingerprint density at radius 1 is 1.10 bits per heavy atom. The molecule has 0 saturated carbocycles. The van der Waals surface area contributed by atoms with Crippen molar-refractivity contribution in [3.8, 4) is 5.75 Å². The molecule has 0 radical (unpaired) electrons. The van der Waals surface area contributed by atoms with E-state index in [1.165, 1.54) is 0 Å². The number of para-hydroxylation sites is 2. The highest BCUT2D eigenvalue weighted by Crippen LogP contribution is 2.30. The molecule has 2 N–H and O–H groups in total. The molecule has 0 bridgehead atoms. The smallest absolute Gasteiger partial charge is 0.291 e. The van der Waals surface area contributed by atoms with Gasteiger partial charge >= 0.3 is 0 Å². The summed E-state index contributed by atoms with van der Waals surface area (Å²) in [6, 6.07) is 14.4. The summed E-state index contributed by atoms with van der Waals surface area (Å²) in [5.41, 5.74) is 2.03. The first kappa shape index (κ1) is 20.6. The van der Waals surface area contributed by atoms with Gasteiger partial charge in [-0.15, -0.1) is 0 Å². The zero-order valence-corrected chi connectivity index (χ0v) is 16.9. The molecule has 0 atom stereocenters. The summed E-state index contributed by atoms with van der Waals surface area (Å²) in [7, 11) is 0. The molecule has 0 fully saturated rings. The molecule has 1 aliphatic heterocycles. The summed E-state index contributed by atoms with van der Waals surface area (Å²) < 4.78 is 5.69. The number of nitrogens with one attached hydrogen (secondary N) is 2. The molecule has 0 saturated heterocycles. The van der Waals surface area contributed by atoms with E-state index in [9.17, 15) is 9.59 Å². The number of amides is 2. The summed E-state index contributed by atoms with van der Waals surface area (Å²) in [5.74, 6) is 0.444. The number of fused-ring (bicyclic) bond motifs is 1. The van der Waals surface area contributed by atoms with E-state index >= 15 is 0 Å². The van der Waals surface area contributed by atoms with Crippen LogP contribution in [0.1, 0.15) is 36.2 Å². The quantitative estimate of drug-likeness (QED) is 0.532. The van der Waals surface area contributed by atoms with Crippen LogP contribution in [0.4, 0.5) is 5.69 Å². The normalized spacial score (nSPS) is 14.3. The Bertz CT molecular complexity index is 886. The van der Waals surface area contributed by atoms with Gasteiger partial charge in [0, 0.05) is 12.1 Å². The van der Waals surface area contributed by atoms with Crippen LogP contribution in [-0.2, 0) is 4.79 Å². The summed E-state index contributed by atoms with van der Waals surface area (Å²) in [6.07, 6.45) is 2.59. The molecule has 29 heavy (non-hydrogen) atoms. The lowest BCUT2D eigenvalue weighted by Crippen LogP contribution is -2.29. The molecule has 2 aromatic rings. The Hall–Kier alpha value is -3.12. The van der Waals surface area contributed by atoms with Gasteiger partial charge in [-0.2, -0.15) is 0 Å². The molecule has 0 spiro atoms. The van der Waals surface area contributed by atoms with Crippen LogP contribution in [0.2, 0.25) is 0 Å². The molecule has 1 heterocycles. The average molecular weight is 393 g/mol. The minimum Gasteiger partial charge on any atom is -0.449 e. The van der Waals surface area contributed by atoms with E-state index in [0.717, 1.165) is 31.6 Å². The monoisotopic (exact) mass is 393 g/mol. The minimum absolute atomic E-state index is 0.0932. The van der Waals surface area contributed by atoms with Crippen molar-refractivity contribution < 1.29 is 14.3 Å². The van der Waals surface area contributed by atoms with E-state index in [1.54, 1.807) is 42.5 Å². The third kappa shape index (κ3) is 5.45. The van der Waals surface area contributed by atoms with Gasteiger partial charge in [0.1, 0.15) is 0 Å². The summed E-state index contributed by atoms with van der Waals surface area (Å²) in [5, 5.41) is 5.76. The van der Waals surface area contributed by atoms with Gasteiger partial charge in [0.05, 0.1) is 5.69 Å². The highest BCUT2D eigenvalue weighted by atomic mass is 16.5. The number of carbonyl (C=O) groups excluding carboxylic acids is 2. The SMILES string of the molecule is CCN(CC)CCCNC(=O)c1ccc(/C=C2/Oc3ccccc3NC2=O)cc1. The highest BCUT2D eigenvalue weighted by molar-refractivity contribution is 6.08. The Labute approximate surface area is 171 Å². The number of carbonyl (C=O) groups is 2. The van der Waals surface area contributed by atoms with E-state index < -0.39 is 0 Å². The molecule has 0 aliphatic carbocycles. The number of rotatable bonds is 8. The van der Waals surface area contributed by atoms with Crippen LogP contribution in [0.15, 0.2) is 54.3 Å². The van der Waals surface area contributed by atoms with Crippen LogP contribution in [0.25, 0.3) is 6.08 Å². The second-order valence-corrected chi connectivity index (χ2v) is 6.82. The van der Waals surface area contributed by atoms with Crippen molar-refractivity contribution in [2.24, 2.45) is 0 Å². The molecule has 2 aromatic carbocycles. The van der Waals surface area contributed by atoms with Gasteiger partial charge < -0.3 is 20.3 Å². The standard InChI is InChI=1S/C23H27N3O3/c1-3-26(4-2)15-7-14-24-22(27)18-12-10-17(11-13-18)16-21-23(28)25-19-8-5-6-9-20(19)29-21/h5-6,8-13,16H,3-4,7,14-15H2,1-2H3,(H,24,27)(H,25,28)/b21-16+. The van der Waals surface area contributed by atoms with Crippen LogP contribution < -0.4 is 15.4 Å². The lowest BCUT2D eigenvalue weighted by molar-refractivity contribution is -0.115. The number of nitrogens with zero attached hydrogens (tertiary/aromatic N) is 1. The van der Waals surface area contributed by atoms with Gasteiger partial charge in [-0.05, 0) is 62.0 Å². The molecular formula is C23H27N3O3.